The zero-order valence-corrected chi connectivity index (χ0v) is 7.89. The fourth-order valence-corrected chi connectivity index (χ4v) is 1.19. The molecule has 4 heteroatoms. The average molecular weight is 202 g/mol. The quantitative estimate of drug-likeness (QED) is 0.808. The van der Waals surface area contributed by atoms with Crippen LogP contribution in [0.4, 0.5) is 8.78 Å². The van der Waals surface area contributed by atoms with Gasteiger partial charge in [-0.25, -0.2) is 8.78 Å². The molecule has 1 aromatic rings. The van der Waals surface area contributed by atoms with Crippen LogP contribution in [0.15, 0.2) is 12.1 Å². The molecule has 0 saturated heterocycles. The van der Waals surface area contributed by atoms with Crippen LogP contribution in [0.2, 0.25) is 0 Å². The predicted octanol–water partition coefficient (Wildman–Crippen LogP) is 1.90. The van der Waals surface area contributed by atoms with Crippen LogP contribution >= 0.6 is 0 Å². The van der Waals surface area contributed by atoms with E-state index in [1.807, 2.05) is 0 Å². The van der Waals surface area contributed by atoms with Gasteiger partial charge in [0.2, 0.25) is 0 Å². The van der Waals surface area contributed by atoms with E-state index >= 15 is 0 Å². The lowest BCUT2D eigenvalue weighted by molar-refractivity contribution is 0.288. The van der Waals surface area contributed by atoms with E-state index in [2.05, 4.69) is 4.74 Å². The van der Waals surface area contributed by atoms with Gasteiger partial charge in [0.25, 0.3) is 0 Å². The maximum Gasteiger partial charge on any atom is 0.165 e. The van der Waals surface area contributed by atoms with E-state index in [0.29, 0.717) is 12.8 Å². The first-order valence-corrected chi connectivity index (χ1v) is 4.31. The molecule has 0 atom stereocenters. The minimum atomic E-state index is -0.582. The largest absolute Gasteiger partial charge is 0.494 e. The molecule has 0 amide bonds. The molecule has 14 heavy (non-hydrogen) atoms. The van der Waals surface area contributed by atoms with Crippen molar-refractivity contribution in [3.8, 4) is 5.75 Å². The Hall–Kier alpha value is -1.16. The standard InChI is InChI=1S/C10H12F2O2/c1-14-10-6-8(11)7(3-2-4-13)5-9(10)12/h5-6,13H,2-4H2,1H3. The van der Waals surface area contributed by atoms with Gasteiger partial charge >= 0.3 is 0 Å². The molecule has 0 aliphatic carbocycles. The smallest absolute Gasteiger partial charge is 0.165 e. The molecular formula is C10H12F2O2. The van der Waals surface area contributed by atoms with Crippen molar-refractivity contribution in [2.24, 2.45) is 0 Å². The Bertz CT molecular complexity index is 313. The average Bonchev–Trinajstić information content (AvgIpc) is 2.18. The Morgan fingerprint density at radius 3 is 2.57 bits per heavy atom. The number of aliphatic hydroxyl groups excluding tert-OH is 1. The van der Waals surface area contributed by atoms with Crippen LogP contribution in [0, 0.1) is 11.6 Å². The maximum atomic E-state index is 13.2. The van der Waals surface area contributed by atoms with Crippen LogP contribution in [0.5, 0.6) is 5.75 Å². The third kappa shape index (κ3) is 2.42. The van der Waals surface area contributed by atoms with Crippen molar-refractivity contribution in [3.63, 3.8) is 0 Å². The summed E-state index contributed by atoms with van der Waals surface area (Å²) < 4.78 is 30.9. The lowest BCUT2D eigenvalue weighted by Crippen LogP contribution is -1.97. The number of hydrogen-bond donors (Lipinski definition) is 1. The summed E-state index contributed by atoms with van der Waals surface area (Å²) in [5.74, 6) is -1.19. The molecule has 0 aliphatic rings. The minimum absolute atomic E-state index is 0.0346. The van der Waals surface area contributed by atoms with Crippen LogP contribution in [0.1, 0.15) is 12.0 Å². The van der Waals surface area contributed by atoms with Gasteiger partial charge in [-0.2, -0.15) is 0 Å². The predicted molar refractivity (Wildman–Crippen MR) is 48.3 cm³/mol. The molecule has 1 N–H and O–H groups in total. The van der Waals surface area contributed by atoms with Crippen molar-refractivity contribution in [3.05, 3.63) is 29.3 Å². The summed E-state index contributed by atoms with van der Waals surface area (Å²) in [6, 6.07) is 2.12. The Balaban J connectivity index is 2.90. The molecule has 1 aromatic carbocycles. The molecule has 0 spiro atoms. The summed E-state index contributed by atoms with van der Waals surface area (Å²) in [7, 11) is 1.28. The van der Waals surface area contributed by atoms with E-state index in [-0.39, 0.29) is 17.9 Å². The third-order valence-electron chi connectivity index (χ3n) is 1.93. The van der Waals surface area contributed by atoms with E-state index in [4.69, 9.17) is 5.11 Å². The number of ether oxygens (including phenoxy) is 1. The number of aryl methyl sites for hydroxylation is 1. The highest BCUT2D eigenvalue weighted by atomic mass is 19.1. The zero-order valence-electron chi connectivity index (χ0n) is 7.89. The van der Waals surface area contributed by atoms with Gasteiger partial charge in [0.05, 0.1) is 7.11 Å². The molecule has 2 nitrogen and oxygen atoms in total. The SMILES string of the molecule is COc1cc(F)c(CCCO)cc1F. The molecule has 0 aliphatic heterocycles. The van der Waals surface area contributed by atoms with Crippen LogP contribution in [-0.4, -0.2) is 18.8 Å². The number of benzene rings is 1. The molecule has 78 valence electrons. The molecule has 0 heterocycles. The van der Waals surface area contributed by atoms with Crippen molar-refractivity contribution >= 4 is 0 Å². The van der Waals surface area contributed by atoms with E-state index in [0.717, 1.165) is 12.1 Å². The molecule has 0 fully saturated rings. The van der Waals surface area contributed by atoms with Gasteiger partial charge in [-0.3, -0.25) is 0 Å². The van der Waals surface area contributed by atoms with E-state index in [1.165, 1.54) is 7.11 Å². The van der Waals surface area contributed by atoms with Gasteiger partial charge in [0, 0.05) is 12.7 Å². The van der Waals surface area contributed by atoms with Gasteiger partial charge in [0.15, 0.2) is 11.6 Å². The Labute approximate surface area is 81.1 Å². The number of rotatable bonds is 4. The van der Waals surface area contributed by atoms with Crippen LogP contribution in [-0.2, 0) is 6.42 Å². The second-order valence-electron chi connectivity index (χ2n) is 2.91. The lowest BCUT2D eigenvalue weighted by atomic mass is 10.1. The molecule has 0 bridgehead atoms. The number of aliphatic hydroxyl groups is 1. The topological polar surface area (TPSA) is 29.5 Å². The van der Waals surface area contributed by atoms with Gasteiger partial charge in [-0.1, -0.05) is 0 Å². The highest BCUT2D eigenvalue weighted by Crippen LogP contribution is 2.21. The van der Waals surface area contributed by atoms with E-state index in [9.17, 15) is 8.78 Å². The second-order valence-corrected chi connectivity index (χ2v) is 2.91. The molecule has 1 rings (SSSR count). The summed E-state index contributed by atoms with van der Waals surface area (Å²) in [5, 5.41) is 8.55. The fourth-order valence-electron chi connectivity index (χ4n) is 1.19. The number of methoxy groups -OCH3 is 1. The molecule has 0 radical (unpaired) electrons. The molecule has 0 saturated carbocycles. The Kier molecular flexibility index (Phi) is 3.83. The maximum absolute atomic E-state index is 13.2. The van der Waals surface area contributed by atoms with Crippen molar-refractivity contribution in [1.82, 2.24) is 0 Å². The first-order chi connectivity index (χ1) is 6.69. The van der Waals surface area contributed by atoms with Crippen molar-refractivity contribution in [1.29, 1.82) is 0 Å². The summed E-state index contributed by atoms with van der Waals surface area (Å²) >= 11 is 0. The Morgan fingerprint density at radius 2 is 2.00 bits per heavy atom. The van der Waals surface area contributed by atoms with Gasteiger partial charge < -0.3 is 9.84 Å². The van der Waals surface area contributed by atoms with Gasteiger partial charge in [0.1, 0.15) is 5.82 Å². The molecule has 0 aromatic heterocycles. The monoisotopic (exact) mass is 202 g/mol. The Morgan fingerprint density at radius 1 is 1.29 bits per heavy atom. The highest BCUT2D eigenvalue weighted by molar-refractivity contribution is 5.30. The van der Waals surface area contributed by atoms with Crippen LogP contribution in [0.25, 0.3) is 0 Å². The number of hydrogen-bond acceptors (Lipinski definition) is 2. The number of halogens is 2. The zero-order chi connectivity index (χ0) is 10.6. The fraction of sp³-hybridized carbons (Fsp3) is 0.400. The second kappa shape index (κ2) is 4.91. The summed E-state index contributed by atoms with van der Waals surface area (Å²) in [4.78, 5) is 0. The van der Waals surface area contributed by atoms with Crippen molar-refractivity contribution < 1.29 is 18.6 Å². The van der Waals surface area contributed by atoms with Crippen molar-refractivity contribution in [2.45, 2.75) is 12.8 Å². The summed E-state index contributed by atoms with van der Waals surface area (Å²) in [6.07, 6.45) is 0.742. The highest BCUT2D eigenvalue weighted by Gasteiger charge is 2.09. The molecule has 0 unspecified atom stereocenters. The van der Waals surface area contributed by atoms with Gasteiger partial charge in [-0.15, -0.1) is 0 Å². The van der Waals surface area contributed by atoms with E-state index < -0.39 is 11.6 Å². The summed E-state index contributed by atoms with van der Waals surface area (Å²) in [5.41, 5.74) is 0.261. The third-order valence-corrected chi connectivity index (χ3v) is 1.93. The first kappa shape index (κ1) is 10.9. The minimum Gasteiger partial charge on any atom is -0.494 e. The normalized spacial score (nSPS) is 10.3. The van der Waals surface area contributed by atoms with Gasteiger partial charge in [-0.05, 0) is 24.5 Å². The summed E-state index contributed by atoms with van der Waals surface area (Å²) in [6.45, 7) is -0.0346. The van der Waals surface area contributed by atoms with Crippen molar-refractivity contribution in [2.75, 3.05) is 13.7 Å². The van der Waals surface area contributed by atoms with Crippen LogP contribution < -0.4 is 4.74 Å². The van der Waals surface area contributed by atoms with Crippen LogP contribution in [0.3, 0.4) is 0 Å². The molecular weight excluding hydrogens is 190 g/mol. The van der Waals surface area contributed by atoms with E-state index in [1.54, 1.807) is 0 Å². The lowest BCUT2D eigenvalue weighted by Gasteiger charge is -2.06. The first-order valence-electron chi connectivity index (χ1n) is 4.31.